The third kappa shape index (κ3) is 3.03. The van der Waals surface area contributed by atoms with Gasteiger partial charge in [-0.2, -0.15) is 11.8 Å². The normalized spacial score (nSPS) is 20.8. The first-order valence-electron chi connectivity index (χ1n) is 6.36. The van der Waals surface area contributed by atoms with Gasteiger partial charge in [-0.3, -0.25) is 0 Å². The fraction of sp³-hybridized carbons (Fsp3) is 0.571. The van der Waals surface area contributed by atoms with Crippen LogP contribution in [0, 0.1) is 0 Å². The van der Waals surface area contributed by atoms with Crippen LogP contribution in [0.15, 0.2) is 18.2 Å². The van der Waals surface area contributed by atoms with E-state index in [-0.39, 0.29) is 0 Å². The zero-order valence-corrected chi connectivity index (χ0v) is 11.5. The highest BCUT2D eigenvalue weighted by molar-refractivity contribution is 7.99. The second-order valence-corrected chi connectivity index (χ2v) is 6.05. The fourth-order valence-corrected chi connectivity index (χ4v) is 3.31. The van der Waals surface area contributed by atoms with Crippen molar-refractivity contribution in [2.75, 3.05) is 18.1 Å². The Morgan fingerprint density at radius 1 is 1.47 bits per heavy atom. The van der Waals surface area contributed by atoms with E-state index in [1.54, 1.807) is 0 Å². The molecule has 1 saturated heterocycles. The van der Waals surface area contributed by atoms with Crippen molar-refractivity contribution >= 4 is 11.8 Å². The quantitative estimate of drug-likeness (QED) is 0.866. The lowest BCUT2D eigenvalue weighted by Gasteiger charge is -2.27. The molecule has 1 aromatic carbocycles. The summed E-state index contributed by atoms with van der Waals surface area (Å²) in [5, 5.41) is 3.62. The van der Waals surface area contributed by atoms with Crippen LogP contribution in [0.5, 0.6) is 0 Å². The number of hydrogen-bond acceptors (Lipinski definition) is 3. The predicted octanol–water partition coefficient (Wildman–Crippen LogP) is 2.65. The lowest BCUT2D eigenvalue weighted by molar-refractivity contribution is 0.585. The summed E-state index contributed by atoms with van der Waals surface area (Å²) in [6.45, 7) is 6.26. The smallest absolute Gasteiger partial charge is 0.0415 e. The van der Waals surface area contributed by atoms with Crippen molar-refractivity contribution in [2.45, 2.75) is 32.4 Å². The number of hydrogen-bond donors (Lipinski definition) is 2. The van der Waals surface area contributed by atoms with Crippen LogP contribution in [0.3, 0.4) is 0 Å². The summed E-state index contributed by atoms with van der Waals surface area (Å²) in [4.78, 5) is 0. The molecular formula is C14H22N2S. The van der Waals surface area contributed by atoms with Crippen LogP contribution in [-0.4, -0.2) is 18.1 Å². The van der Waals surface area contributed by atoms with E-state index in [0.717, 1.165) is 6.54 Å². The summed E-state index contributed by atoms with van der Waals surface area (Å²) in [5.74, 6) is 2.98. The second-order valence-electron chi connectivity index (χ2n) is 4.90. The lowest BCUT2D eigenvalue weighted by atomic mass is 9.91. The van der Waals surface area contributed by atoms with Crippen LogP contribution in [-0.2, 0) is 6.54 Å². The first-order valence-corrected chi connectivity index (χ1v) is 7.51. The zero-order valence-electron chi connectivity index (χ0n) is 10.7. The van der Waals surface area contributed by atoms with Gasteiger partial charge in [0.05, 0.1) is 0 Å². The van der Waals surface area contributed by atoms with Crippen LogP contribution in [0.1, 0.15) is 42.5 Å². The number of thioether (sulfide) groups is 1. The van der Waals surface area contributed by atoms with Crippen LogP contribution in [0.4, 0.5) is 0 Å². The van der Waals surface area contributed by atoms with E-state index < -0.39 is 0 Å². The van der Waals surface area contributed by atoms with E-state index in [1.165, 1.54) is 28.2 Å². The summed E-state index contributed by atoms with van der Waals surface area (Å²) >= 11 is 2.04. The number of benzene rings is 1. The van der Waals surface area contributed by atoms with Crippen molar-refractivity contribution in [3.63, 3.8) is 0 Å². The molecule has 1 aromatic rings. The van der Waals surface area contributed by atoms with E-state index in [9.17, 15) is 0 Å². The second kappa shape index (κ2) is 5.89. The molecule has 1 heterocycles. The number of nitrogens with one attached hydrogen (secondary N) is 1. The van der Waals surface area contributed by atoms with Gasteiger partial charge in [0.15, 0.2) is 0 Å². The van der Waals surface area contributed by atoms with Crippen molar-refractivity contribution in [3.05, 3.63) is 34.9 Å². The van der Waals surface area contributed by atoms with Gasteiger partial charge in [0.25, 0.3) is 0 Å². The standard InChI is InChI=1S/C14H22N2S/c1-10(2)12-4-3-11(8-15)7-13(12)14-9-17-6-5-16-14/h3-4,7,10,14,16H,5-6,8-9,15H2,1-2H3. The van der Waals surface area contributed by atoms with Gasteiger partial charge in [-0.25, -0.2) is 0 Å². The molecule has 0 spiro atoms. The molecule has 0 saturated carbocycles. The Morgan fingerprint density at radius 3 is 2.88 bits per heavy atom. The van der Waals surface area contributed by atoms with Crippen LogP contribution in [0.2, 0.25) is 0 Å². The predicted molar refractivity (Wildman–Crippen MR) is 76.5 cm³/mol. The minimum Gasteiger partial charge on any atom is -0.326 e. The van der Waals surface area contributed by atoms with Gasteiger partial charge in [0.2, 0.25) is 0 Å². The molecule has 1 atom stereocenters. The minimum atomic E-state index is 0.498. The SMILES string of the molecule is CC(C)c1ccc(CN)cc1C1CSCCN1. The largest absolute Gasteiger partial charge is 0.326 e. The third-order valence-electron chi connectivity index (χ3n) is 3.31. The van der Waals surface area contributed by atoms with Crippen molar-refractivity contribution in [1.29, 1.82) is 0 Å². The van der Waals surface area contributed by atoms with Crippen molar-refractivity contribution in [1.82, 2.24) is 5.32 Å². The van der Waals surface area contributed by atoms with Crippen molar-refractivity contribution in [2.24, 2.45) is 5.73 Å². The van der Waals surface area contributed by atoms with Crippen LogP contribution >= 0.6 is 11.8 Å². The minimum absolute atomic E-state index is 0.498. The van der Waals surface area contributed by atoms with Crippen LogP contribution < -0.4 is 11.1 Å². The molecule has 17 heavy (non-hydrogen) atoms. The number of rotatable bonds is 3. The molecule has 94 valence electrons. The molecule has 1 unspecified atom stereocenters. The first kappa shape index (κ1) is 12.9. The molecule has 2 rings (SSSR count). The van der Waals surface area contributed by atoms with Crippen molar-refractivity contribution in [3.8, 4) is 0 Å². The molecular weight excluding hydrogens is 228 g/mol. The Morgan fingerprint density at radius 2 is 2.29 bits per heavy atom. The first-order chi connectivity index (χ1) is 8.22. The average Bonchev–Trinajstić information content (AvgIpc) is 2.39. The topological polar surface area (TPSA) is 38.0 Å². The van der Waals surface area contributed by atoms with Gasteiger partial charge in [-0.15, -0.1) is 0 Å². The lowest BCUT2D eigenvalue weighted by Crippen LogP contribution is -2.31. The molecule has 2 nitrogen and oxygen atoms in total. The Kier molecular flexibility index (Phi) is 4.48. The average molecular weight is 250 g/mol. The maximum Gasteiger partial charge on any atom is 0.0415 e. The Bertz CT molecular complexity index is 370. The maximum absolute atomic E-state index is 5.75. The Labute approximate surface area is 108 Å². The summed E-state index contributed by atoms with van der Waals surface area (Å²) in [6, 6.07) is 7.20. The molecule has 0 aliphatic carbocycles. The summed E-state index contributed by atoms with van der Waals surface area (Å²) < 4.78 is 0. The summed E-state index contributed by atoms with van der Waals surface area (Å²) in [7, 11) is 0. The maximum atomic E-state index is 5.75. The highest BCUT2D eigenvalue weighted by Gasteiger charge is 2.19. The van der Waals surface area contributed by atoms with Gasteiger partial charge >= 0.3 is 0 Å². The molecule has 3 heteroatoms. The molecule has 0 amide bonds. The molecule has 1 aliphatic rings. The monoisotopic (exact) mass is 250 g/mol. The van der Waals surface area contributed by atoms with E-state index in [0.29, 0.717) is 18.5 Å². The summed E-state index contributed by atoms with van der Waals surface area (Å²) in [6.07, 6.45) is 0. The Hall–Kier alpha value is -0.510. The highest BCUT2D eigenvalue weighted by atomic mass is 32.2. The van der Waals surface area contributed by atoms with E-state index in [2.05, 4.69) is 37.4 Å². The van der Waals surface area contributed by atoms with Gasteiger partial charge < -0.3 is 11.1 Å². The molecule has 3 N–H and O–H groups in total. The van der Waals surface area contributed by atoms with Crippen molar-refractivity contribution < 1.29 is 0 Å². The Balaban J connectivity index is 2.33. The molecule has 1 aliphatic heterocycles. The van der Waals surface area contributed by atoms with Gasteiger partial charge in [0.1, 0.15) is 0 Å². The molecule has 0 radical (unpaired) electrons. The van der Waals surface area contributed by atoms with E-state index in [4.69, 9.17) is 5.73 Å². The fourth-order valence-electron chi connectivity index (χ4n) is 2.34. The van der Waals surface area contributed by atoms with Gasteiger partial charge in [-0.1, -0.05) is 32.0 Å². The zero-order chi connectivity index (χ0) is 12.3. The summed E-state index contributed by atoms with van der Waals surface area (Å²) in [5.41, 5.74) is 9.90. The van der Waals surface area contributed by atoms with Crippen LogP contribution in [0.25, 0.3) is 0 Å². The van der Waals surface area contributed by atoms with Gasteiger partial charge in [0, 0.05) is 30.6 Å². The van der Waals surface area contributed by atoms with Gasteiger partial charge in [-0.05, 0) is 22.6 Å². The van der Waals surface area contributed by atoms with E-state index >= 15 is 0 Å². The number of nitrogens with two attached hydrogens (primary N) is 1. The van der Waals surface area contributed by atoms with E-state index in [1.807, 2.05) is 11.8 Å². The molecule has 0 aromatic heterocycles. The highest BCUT2D eigenvalue weighted by Crippen LogP contribution is 2.29. The molecule has 0 bridgehead atoms. The molecule has 1 fully saturated rings. The third-order valence-corrected chi connectivity index (χ3v) is 4.37.